The van der Waals surface area contributed by atoms with E-state index in [9.17, 15) is 9.59 Å². The van der Waals surface area contributed by atoms with Gasteiger partial charge in [-0.05, 0) is 40.6 Å². The quantitative estimate of drug-likeness (QED) is 0.663. The number of carbonyl (C=O) groups excluding carboxylic acids is 2. The van der Waals surface area contributed by atoms with E-state index < -0.39 is 0 Å². The number of tetrazole rings is 1. The van der Waals surface area contributed by atoms with Crippen LogP contribution in [0.3, 0.4) is 0 Å². The molecule has 0 atom stereocenters. The molecule has 132 valence electrons. The summed E-state index contributed by atoms with van der Waals surface area (Å²) in [6.07, 6.45) is 2.71. The van der Waals surface area contributed by atoms with Crippen molar-refractivity contribution in [2.45, 2.75) is 26.2 Å². The Morgan fingerprint density at radius 1 is 1.08 bits per heavy atom. The van der Waals surface area contributed by atoms with Gasteiger partial charge in [0.25, 0.3) is 0 Å². The molecule has 0 fully saturated rings. The molecule has 7 heteroatoms. The fraction of sp³-hybridized carbons (Fsp3) is 0.211. The minimum atomic E-state index is -0.211. The molecule has 0 saturated heterocycles. The number of Topliss-reactive ketones (excluding diaryl/α,β-unsaturated/α-hetero) is 1. The summed E-state index contributed by atoms with van der Waals surface area (Å²) < 4.78 is 1.50. The zero-order valence-corrected chi connectivity index (χ0v) is 14.4. The molecule has 0 radical (unpaired) electrons. The third kappa shape index (κ3) is 4.38. The van der Waals surface area contributed by atoms with Crippen LogP contribution in [0, 0.1) is 0 Å². The van der Waals surface area contributed by atoms with E-state index in [0.717, 1.165) is 12.1 Å². The maximum absolute atomic E-state index is 12.2. The highest BCUT2D eigenvalue weighted by atomic mass is 16.2. The first-order chi connectivity index (χ1) is 12.7. The van der Waals surface area contributed by atoms with Gasteiger partial charge in [-0.1, -0.05) is 37.3 Å². The van der Waals surface area contributed by atoms with Gasteiger partial charge in [0.2, 0.25) is 5.91 Å². The number of nitrogens with zero attached hydrogens (tertiary/aromatic N) is 4. The van der Waals surface area contributed by atoms with Crippen molar-refractivity contribution in [1.29, 1.82) is 0 Å². The number of amides is 1. The smallest absolute Gasteiger partial charge is 0.224 e. The SMILES string of the molecule is CCc1ccc(C(=O)CCC(=O)Nc2cccc(-n3cnnn3)c2)cc1. The fourth-order valence-corrected chi connectivity index (χ4v) is 2.53. The van der Waals surface area contributed by atoms with Crippen molar-refractivity contribution in [3.05, 3.63) is 66.0 Å². The lowest BCUT2D eigenvalue weighted by Gasteiger charge is -2.07. The molecule has 3 rings (SSSR count). The Morgan fingerprint density at radius 2 is 1.88 bits per heavy atom. The summed E-state index contributed by atoms with van der Waals surface area (Å²) in [7, 11) is 0. The minimum Gasteiger partial charge on any atom is -0.326 e. The molecule has 1 N–H and O–H groups in total. The van der Waals surface area contributed by atoms with Crippen LogP contribution in [0.15, 0.2) is 54.9 Å². The van der Waals surface area contributed by atoms with Crippen molar-refractivity contribution >= 4 is 17.4 Å². The molecule has 2 aromatic carbocycles. The van der Waals surface area contributed by atoms with Crippen LogP contribution in [-0.4, -0.2) is 31.9 Å². The van der Waals surface area contributed by atoms with Crippen molar-refractivity contribution in [1.82, 2.24) is 20.2 Å². The van der Waals surface area contributed by atoms with Gasteiger partial charge in [0, 0.05) is 24.1 Å². The van der Waals surface area contributed by atoms with Gasteiger partial charge in [-0.15, -0.1) is 5.10 Å². The highest BCUT2D eigenvalue weighted by molar-refractivity contribution is 6.00. The molecule has 26 heavy (non-hydrogen) atoms. The summed E-state index contributed by atoms with van der Waals surface area (Å²) >= 11 is 0. The third-order valence-electron chi connectivity index (χ3n) is 4.01. The molecule has 0 saturated carbocycles. The standard InChI is InChI=1S/C19H19N5O2/c1-2-14-6-8-15(9-7-14)18(25)10-11-19(26)21-16-4-3-5-17(12-16)24-13-20-22-23-24/h3-9,12-13H,2,10-11H2,1H3,(H,21,26). The Bertz CT molecular complexity index is 889. The van der Waals surface area contributed by atoms with Gasteiger partial charge in [-0.2, -0.15) is 0 Å². The average Bonchev–Trinajstić information content (AvgIpc) is 3.21. The number of aromatic nitrogens is 4. The van der Waals surface area contributed by atoms with Crippen LogP contribution in [0.1, 0.15) is 35.7 Å². The first-order valence-corrected chi connectivity index (χ1v) is 8.41. The number of hydrogen-bond donors (Lipinski definition) is 1. The minimum absolute atomic E-state index is 0.0368. The molecular formula is C19H19N5O2. The molecular weight excluding hydrogens is 330 g/mol. The summed E-state index contributed by atoms with van der Waals surface area (Å²) in [5, 5.41) is 13.8. The van der Waals surface area contributed by atoms with E-state index >= 15 is 0 Å². The number of aryl methyl sites for hydroxylation is 1. The molecule has 3 aromatic rings. The monoisotopic (exact) mass is 349 g/mol. The summed E-state index contributed by atoms with van der Waals surface area (Å²) in [5.74, 6) is -0.248. The van der Waals surface area contributed by atoms with E-state index in [1.54, 1.807) is 18.2 Å². The lowest BCUT2D eigenvalue weighted by atomic mass is 10.0. The van der Waals surface area contributed by atoms with Gasteiger partial charge in [-0.3, -0.25) is 9.59 Å². The van der Waals surface area contributed by atoms with Gasteiger partial charge >= 0.3 is 0 Å². The zero-order valence-electron chi connectivity index (χ0n) is 14.4. The van der Waals surface area contributed by atoms with E-state index in [1.807, 2.05) is 30.3 Å². The van der Waals surface area contributed by atoms with Crippen molar-refractivity contribution in [3.8, 4) is 5.69 Å². The Labute approximate surface area is 151 Å². The maximum atomic E-state index is 12.2. The van der Waals surface area contributed by atoms with Gasteiger partial charge in [0.1, 0.15) is 6.33 Å². The third-order valence-corrected chi connectivity index (χ3v) is 4.01. The van der Waals surface area contributed by atoms with Crippen LogP contribution < -0.4 is 5.32 Å². The second-order valence-electron chi connectivity index (χ2n) is 5.83. The highest BCUT2D eigenvalue weighted by Gasteiger charge is 2.10. The number of benzene rings is 2. The summed E-state index contributed by atoms with van der Waals surface area (Å²) in [6, 6.07) is 14.7. The van der Waals surface area contributed by atoms with Crippen LogP contribution in [0.25, 0.3) is 5.69 Å². The molecule has 0 aliphatic carbocycles. The second kappa shape index (κ2) is 8.15. The highest BCUT2D eigenvalue weighted by Crippen LogP contribution is 2.14. The number of rotatable bonds is 7. The van der Waals surface area contributed by atoms with E-state index in [-0.39, 0.29) is 24.5 Å². The normalized spacial score (nSPS) is 10.5. The van der Waals surface area contributed by atoms with Gasteiger partial charge in [0.15, 0.2) is 5.78 Å². The number of carbonyl (C=O) groups is 2. The van der Waals surface area contributed by atoms with Crippen molar-refractivity contribution in [2.75, 3.05) is 5.32 Å². The molecule has 1 amide bonds. The molecule has 7 nitrogen and oxygen atoms in total. The van der Waals surface area contributed by atoms with Crippen LogP contribution in [0.4, 0.5) is 5.69 Å². The molecule has 0 aliphatic rings. The zero-order chi connectivity index (χ0) is 18.4. The number of hydrogen-bond acceptors (Lipinski definition) is 5. The summed E-state index contributed by atoms with van der Waals surface area (Å²) in [4.78, 5) is 24.3. The lowest BCUT2D eigenvalue weighted by Crippen LogP contribution is -2.13. The van der Waals surface area contributed by atoms with Crippen molar-refractivity contribution in [3.63, 3.8) is 0 Å². The van der Waals surface area contributed by atoms with Crippen LogP contribution in [-0.2, 0) is 11.2 Å². The molecule has 0 unspecified atom stereocenters. The second-order valence-corrected chi connectivity index (χ2v) is 5.83. The molecule has 0 spiro atoms. The fourth-order valence-electron chi connectivity index (χ4n) is 2.53. The van der Waals surface area contributed by atoms with Crippen molar-refractivity contribution in [2.24, 2.45) is 0 Å². The van der Waals surface area contributed by atoms with E-state index in [1.165, 1.54) is 16.6 Å². The average molecular weight is 349 g/mol. The number of ketones is 1. The Morgan fingerprint density at radius 3 is 2.58 bits per heavy atom. The first kappa shape index (κ1) is 17.5. The topological polar surface area (TPSA) is 89.8 Å². The van der Waals surface area contributed by atoms with Gasteiger partial charge < -0.3 is 5.32 Å². The number of nitrogens with one attached hydrogen (secondary N) is 1. The largest absolute Gasteiger partial charge is 0.326 e. The first-order valence-electron chi connectivity index (χ1n) is 8.41. The Balaban J connectivity index is 1.55. The van der Waals surface area contributed by atoms with Gasteiger partial charge in [0.05, 0.1) is 5.69 Å². The predicted molar refractivity (Wildman–Crippen MR) is 97.2 cm³/mol. The molecule has 1 aromatic heterocycles. The number of anilines is 1. The van der Waals surface area contributed by atoms with Gasteiger partial charge in [-0.25, -0.2) is 4.68 Å². The summed E-state index contributed by atoms with van der Waals surface area (Å²) in [5.41, 5.74) is 3.18. The Kier molecular flexibility index (Phi) is 5.48. The lowest BCUT2D eigenvalue weighted by molar-refractivity contribution is -0.116. The van der Waals surface area contributed by atoms with E-state index in [4.69, 9.17) is 0 Å². The maximum Gasteiger partial charge on any atom is 0.224 e. The van der Waals surface area contributed by atoms with E-state index in [0.29, 0.717) is 11.3 Å². The van der Waals surface area contributed by atoms with Crippen LogP contribution >= 0.6 is 0 Å². The molecule has 1 heterocycles. The molecule has 0 bridgehead atoms. The summed E-state index contributed by atoms with van der Waals surface area (Å²) in [6.45, 7) is 2.07. The van der Waals surface area contributed by atoms with E-state index in [2.05, 4.69) is 27.8 Å². The van der Waals surface area contributed by atoms with Crippen LogP contribution in [0.5, 0.6) is 0 Å². The predicted octanol–water partition coefficient (Wildman–Crippen LogP) is 2.83. The molecule has 0 aliphatic heterocycles. The Hall–Kier alpha value is -3.35. The van der Waals surface area contributed by atoms with Crippen LogP contribution in [0.2, 0.25) is 0 Å². The van der Waals surface area contributed by atoms with Crippen molar-refractivity contribution < 1.29 is 9.59 Å².